The van der Waals surface area contributed by atoms with Crippen molar-refractivity contribution >= 4 is 60.5 Å². The first-order chi connectivity index (χ1) is 8.08. The van der Waals surface area contributed by atoms with Crippen LogP contribution in [0.5, 0.6) is 0 Å². The molecule has 1 aromatic heterocycles. The number of nitrogens with two attached hydrogens (primary N) is 1. The summed E-state index contributed by atoms with van der Waals surface area (Å²) in [4.78, 5) is 12.5. The Labute approximate surface area is 119 Å². The van der Waals surface area contributed by atoms with Crippen molar-refractivity contribution in [3.05, 3.63) is 43.5 Å². The highest BCUT2D eigenvalue weighted by atomic mass is 79.9. The molecule has 0 aliphatic carbocycles. The van der Waals surface area contributed by atoms with Crippen LogP contribution < -0.4 is 11.1 Å². The number of rotatable bonds is 2. The lowest BCUT2D eigenvalue weighted by Crippen LogP contribution is -2.12. The van der Waals surface area contributed by atoms with Crippen molar-refractivity contribution < 1.29 is 4.79 Å². The third kappa shape index (κ3) is 2.88. The summed E-state index contributed by atoms with van der Waals surface area (Å²) in [5, 5.41) is 4.64. The van der Waals surface area contributed by atoms with Gasteiger partial charge in [-0.15, -0.1) is 11.3 Å². The molecule has 0 radical (unpaired) electrons. The van der Waals surface area contributed by atoms with E-state index < -0.39 is 0 Å². The second-order valence-electron chi connectivity index (χ2n) is 3.28. The fourth-order valence-electron chi connectivity index (χ4n) is 1.31. The quantitative estimate of drug-likeness (QED) is 0.776. The average Bonchev–Trinajstić information content (AvgIpc) is 2.76. The smallest absolute Gasteiger partial charge is 0.265 e. The largest absolute Gasteiger partial charge is 0.397 e. The van der Waals surface area contributed by atoms with Crippen molar-refractivity contribution in [1.82, 2.24) is 0 Å². The zero-order valence-corrected chi connectivity index (χ0v) is 12.5. The molecule has 1 amide bonds. The maximum Gasteiger partial charge on any atom is 0.265 e. The molecule has 3 nitrogen and oxygen atoms in total. The first-order valence-corrected chi connectivity index (χ1v) is 7.14. The Morgan fingerprint density at radius 2 is 2.12 bits per heavy atom. The van der Waals surface area contributed by atoms with Gasteiger partial charge in [0, 0.05) is 8.95 Å². The molecule has 1 aromatic carbocycles. The van der Waals surface area contributed by atoms with Gasteiger partial charge >= 0.3 is 0 Å². The predicted octanol–water partition coefficient (Wildman–Crippen LogP) is 4.11. The topological polar surface area (TPSA) is 55.1 Å². The van der Waals surface area contributed by atoms with E-state index in [-0.39, 0.29) is 5.91 Å². The van der Waals surface area contributed by atoms with Gasteiger partial charge in [0.2, 0.25) is 0 Å². The van der Waals surface area contributed by atoms with Crippen molar-refractivity contribution in [2.75, 3.05) is 11.1 Å². The number of nitrogens with one attached hydrogen (secondary N) is 1. The van der Waals surface area contributed by atoms with E-state index in [4.69, 9.17) is 5.73 Å². The maximum absolute atomic E-state index is 11.9. The monoisotopic (exact) mass is 374 g/mol. The number of amides is 1. The number of carbonyl (C=O) groups excluding carboxylic acids is 1. The van der Waals surface area contributed by atoms with Gasteiger partial charge in [-0.3, -0.25) is 4.79 Å². The zero-order chi connectivity index (χ0) is 12.4. The zero-order valence-electron chi connectivity index (χ0n) is 8.54. The highest BCUT2D eigenvalue weighted by Gasteiger charge is 2.12. The fraction of sp³-hybridized carbons (Fsp3) is 0. The van der Waals surface area contributed by atoms with Crippen molar-refractivity contribution in [1.29, 1.82) is 0 Å². The molecule has 0 unspecified atom stereocenters. The SMILES string of the molecule is Nc1cc(Br)cc(Br)c1NC(=O)c1cccs1. The van der Waals surface area contributed by atoms with Crippen LogP contribution in [0, 0.1) is 0 Å². The molecule has 17 heavy (non-hydrogen) atoms. The number of halogens is 2. The molecule has 2 aromatic rings. The summed E-state index contributed by atoms with van der Waals surface area (Å²) in [5.74, 6) is -0.158. The van der Waals surface area contributed by atoms with Crippen molar-refractivity contribution in [3.63, 3.8) is 0 Å². The minimum Gasteiger partial charge on any atom is -0.397 e. The van der Waals surface area contributed by atoms with E-state index in [0.717, 1.165) is 8.95 Å². The summed E-state index contributed by atoms with van der Waals surface area (Å²) in [6.45, 7) is 0. The average molecular weight is 376 g/mol. The Bertz CT molecular complexity index is 532. The Hall–Kier alpha value is -0.850. The van der Waals surface area contributed by atoms with Crippen LogP contribution in [0.25, 0.3) is 0 Å². The Balaban J connectivity index is 2.28. The van der Waals surface area contributed by atoms with Crippen LogP contribution in [0.3, 0.4) is 0 Å². The van der Waals surface area contributed by atoms with E-state index in [1.807, 2.05) is 17.5 Å². The van der Waals surface area contributed by atoms with E-state index in [0.29, 0.717) is 16.3 Å². The molecule has 0 bridgehead atoms. The Kier molecular flexibility index (Phi) is 3.86. The Morgan fingerprint density at radius 1 is 1.35 bits per heavy atom. The van der Waals surface area contributed by atoms with Crippen molar-refractivity contribution in [3.8, 4) is 0 Å². The summed E-state index contributed by atoms with van der Waals surface area (Å²) < 4.78 is 1.60. The molecule has 88 valence electrons. The highest BCUT2D eigenvalue weighted by Crippen LogP contribution is 2.33. The molecule has 2 rings (SSSR count). The van der Waals surface area contributed by atoms with Gasteiger partial charge < -0.3 is 11.1 Å². The number of hydrogen-bond donors (Lipinski definition) is 2. The van der Waals surface area contributed by atoms with Gasteiger partial charge in [-0.25, -0.2) is 0 Å². The summed E-state index contributed by atoms with van der Waals surface area (Å²) in [7, 11) is 0. The number of benzene rings is 1. The van der Waals surface area contributed by atoms with Crippen molar-refractivity contribution in [2.24, 2.45) is 0 Å². The maximum atomic E-state index is 11.9. The van der Waals surface area contributed by atoms with Crippen molar-refractivity contribution in [2.45, 2.75) is 0 Å². The summed E-state index contributed by atoms with van der Waals surface area (Å²) >= 11 is 8.09. The minimum atomic E-state index is -0.158. The molecule has 3 N–H and O–H groups in total. The fourth-order valence-corrected chi connectivity index (χ4v) is 3.28. The van der Waals surface area contributed by atoms with E-state index in [1.54, 1.807) is 12.1 Å². The highest BCUT2D eigenvalue weighted by molar-refractivity contribution is 9.11. The lowest BCUT2D eigenvalue weighted by Gasteiger charge is -2.10. The molecular weight excluding hydrogens is 368 g/mol. The third-order valence-electron chi connectivity index (χ3n) is 2.07. The molecule has 0 saturated carbocycles. The number of anilines is 2. The predicted molar refractivity (Wildman–Crippen MR) is 78.5 cm³/mol. The van der Waals surface area contributed by atoms with E-state index >= 15 is 0 Å². The third-order valence-corrected chi connectivity index (χ3v) is 4.02. The van der Waals surface area contributed by atoms with E-state index in [9.17, 15) is 4.79 Å². The second-order valence-corrected chi connectivity index (χ2v) is 6.00. The van der Waals surface area contributed by atoms with Crippen LogP contribution in [-0.4, -0.2) is 5.91 Å². The van der Waals surface area contributed by atoms with Crippen LogP contribution in [0.2, 0.25) is 0 Å². The van der Waals surface area contributed by atoms with Gasteiger partial charge in [-0.1, -0.05) is 22.0 Å². The molecule has 0 atom stereocenters. The van der Waals surface area contributed by atoms with Gasteiger partial charge in [-0.2, -0.15) is 0 Å². The Morgan fingerprint density at radius 3 is 2.71 bits per heavy atom. The normalized spacial score (nSPS) is 10.2. The molecule has 0 fully saturated rings. The molecule has 1 heterocycles. The molecule has 6 heteroatoms. The minimum absolute atomic E-state index is 0.158. The molecular formula is C11H8Br2N2OS. The summed E-state index contributed by atoms with van der Waals surface area (Å²) in [6.07, 6.45) is 0. The molecule has 0 spiro atoms. The summed E-state index contributed by atoms with van der Waals surface area (Å²) in [5.41, 5.74) is 6.95. The van der Waals surface area contributed by atoms with Gasteiger partial charge in [0.05, 0.1) is 16.3 Å². The van der Waals surface area contributed by atoms with Gasteiger partial charge in [0.15, 0.2) is 0 Å². The lowest BCUT2D eigenvalue weighted by atomic mass is 10.2. The van der Waals surface area contributed by atoms with Crippen LogP contribution >= 0.6 is 43.2 Å². The lowest BCUT2D eigenvalue weighted by molar-refractivity contribution is 0.103. The van der Waals surface area contributed by atoms with Gasteiger partial charge in [0.25, 0.3) is 5.91 Å². The molecule has 0 aliphatic rings. The summed E-state index contributed by atoms with van der Waals surface area (Å²) in [6, 6.07) is 7.18. The van der Waals surface area contributed by atoms with E-state index in [2.05, 4.69) is 37.2 Å². The first-order valence-electron chi connectivity index (χ1n) is 4.67. The first kappa shape index (κ1) is 12.6. The van der Waals surface area contributed by atoms with Crippen LogP contribution in [0.1, 0.15) is 9.67 Å². The van der Waals surface area contributed by atoms with Crippen LogP contribution in [0.15, 0.2) is 38.6 Å². The van der Waals surface area contributed by atoms with Gasteiger partial charge in [-0.05, 0) is 39.5 Å². The number of thiophene rings is 1. The van der Waals surface area contributed by atoms with Crippen LogP contribution in [0.4, 0.5) is 11.4 Å². The standard InChI is InChI=1S/C11H8Br2N2OS/c12-6-4-7(13)10(8(14)5-6)15-11(16)9-2-1-3-17-9/h1-5H,14H2,(H,15,16). The van der Waals surface area contributed by atoms with E-state index in [1.165, 1.54) is 11.3 Å². The van der Waals surface area contributed by atoms with Gasteiger partial charge in [0.1, 0.15) is 0 Å². The molecule has 0 saturated heterocycles. The molecule has 0 aliphatic heterocycles. The number of carbonyl (C=O) groups is 1. The number of nitrogen functional groups attached to an aromatic ring is 1. The second kappa shape index (κ2) is 5.20. The van der Waals surface area contributed by atoms with Crippen LogP contribution in [-0.2, 0) is 0 Å². The number of hydrogen-bond acceptors (Lipinski definition) is 3.